The van der Waals surface area contributed by atoms with E-state index in [0.717, 1.165) is 19.3 Å². The van der Waals surface area contributed by atoms with E-state index in [0.29, 0.717) is 24.6 Å². The molecule has 0 bridgehead atoms. The van der Waals surface area contributed by atoms with Gasteiger partial charge in [0, 0.05) is 12.1 Å². The van der Waals surface area contributed by atoms with Crippen LogP contribution in [0.15, 0.2) is 29.2 Å². The quantitative estimate of drug-likeness (QED) is 0.673. The minimum absolute atomic E-state index is 0.0186. The van der Waals surface area contributed by atoms with Gasteiger partial charge >= 0.3 is 0 Å². The summed E-state index contributed by atoms with van der Waals surface area (Å²) in [6.45, 7) is 2.70. The Morgan fingerprint density at radius 2 is 2.05 bits per heavy atom. The van der Waals surface area contributed by atoms with Crippen LogP contribution in [0.1, 0.15) is 32.6 Å². The van der Waals surface area contributed by atoms with Gasteiger partial charge < -0.3 is 11.1 Å². The minimum atomic E-state index is -3.76. The lowest BCUT2D eigenvalue weighted by atomic mass is 9.96. The minimum Gasteiger partial charge on any atom is -0.330 e. The van der Waals surface area contributed by atoms with Crippen molar-refractivity contribution in [3.05, 3.63) is 24.3 Å². The maximum absolute atomic E-state index is 11.9. The first-order chi connectivity index (χ1) is 9.86. The van der Waals surface area contributed by atoms with Crippen LogP contribution in [-0.4, -0.2) is 20.9 Å². The summed E-state index contributed by atoms with van der Waals surface area (Å²) in [6, 6.07) is 5.91. The molecule has 0 saturated carbocycles. The second kappa shape index (κ2) is 8.11. The SMILES string of the molecule is CCC(CCN)CCC(=O)Nc1cccc(S(N)(=O)=O)c1. The Hall–Kier alpha value is -1.44. The Labute approximate surface area is 126 Å². The highest BCUT2D eigenvalue weighted by atomic mass is 32.2. The summed E-state index contributed by atoms with van der Waals surface area (Å²) in [5.74, 6) is 0.300. The molecule has 5 N–H and O–H groups in total. The fourth-order valence-electron chi connectivity index (χ4n) is 2.10. The normalized spacial score (nSPS) is 12.9. The summed E-state index contributed by atoms with van der Waals surface area (Å²) in [4.78, 5) is 11.9. The monoisotopic (exact) mass is 313 g/mol. The van der Waals surface area contributed by atoms with Crippen LogP contribution in [-0.2, 0) is 14.8 Å². The highest BCUT2D eigenvalue weighted by Crippen LogP contribution is 2.17. The Balaban J connectivity index is 2.59. The van der Waals surface area contributed by atoms with Crippen molar-refractivity contribution >= 4 is 21.6 Å². The number of carbonyl (C=O) groups excluding carboxylic acids is 1. The summed E-state index contributed by atoms with van der Waals surface area (Å²) in [6.07, 6.45) is 3.06. The van der Waals surface area contributed by atoms with Crippen molar-refractivity contribution in [3.8, 4) is 0 Å². The molecule has 0 aromatic heterocycles. The van der Waals surface area contributed by atoms with Crippen LogP contribution in [0.4, 0.5) is 5.69 Å². The maximum Gasteiger partial charge on any atom is 0.238 e. The lowest BCUT2D eigenvalue weighted by Gasteiger charge is -2.13. The van der Waals surface area contributed by atoms with E-state index >= 15 is 0 Å². The molecule has 7 heteroatoms. The van der Waals surface area contributed by atoms with Crippen LogP contribution in [0, 0.1) is 5.92 Å². The molecule has 0 aliphatic carbocycles. The average Bonchev–Trinajstić information content (AvgIpc) is 2.42. The topological polar surface area (TPSA) is 115 Å². The number of nitrogens with one attached hydrogen (secondary N) is 1. The molecule has 0 spiro atoms. The zero-order chi connectivity index (χ0) is 15.9. The summed E-state index contributed by atoms with van der Waals surface area (Å²) < 4.78 is 22.5. The Kier molecular flexibility index (Phi) is 6.80. The Bertz CT molecular complexity index is 573. The number of nitrogens with two attached hydrogens (primary N) is 2. The predicted molar refractivity (Wildman–Crippen MR) is 83.1 cm³/mol. The number of hydrogen-bond donors (Lipinski definition) is 3. The van der Waals surface area contributed by atoms with Gasteiger partial charge in [-0.1, -0.05) is 19.4 Å². The summed E-state index contributed by atoms with van der Waals surface area (Å²) >= 11 is 0. The number of amides is 1. The molecule has 6 nitrogen and oxygen atoms in total. The van der Waals surface area contributed by atoms with E-state index in [1.54, 1.807) is 12.1 Å². The van der Waals surface area contributed by atoms with Gasteiger partial charge in [-0.3, -0.25) is 4.79 Å². The smallest absolute Gasteiger partial charge is 0.238 e. The molecule has 1 aromatic rings. The third-order valence-corrected chi connectivity index (χ3v) is 4.29. The van der Waals surface area contributed by atoms with Crippen molar-refractivity contribution in [2.45, 2.75) is 37.5 Å². The lowest BCUT2D eigenvalue weighted by molar-refractivity contribution is -0.116. The number of anilines is 1. The zero-order valence-electron chi connectivity index (χ0n) is 12.2. The molecule has 0 radical (unpaired) electrons. The summed E-state index contributed by atoms with van der Waals surface area (Å²) in [5.41, 5.74) is 5.95. The van der Waals surface area contributed by atoms with Gasteiger partial charge in [-0.05, 0) is 43.5 Å². The van der Waals surface area contributed by atoms with Gasteiger partial charge in [0.1, 0.15) is 0 Å². The highest BCUT2D eigenvalue weighted by molar-refractivity contribution is 7.89. The van der Waals surface area contributed by atoms with Crippen molar-refractivity contribution < 1.29 is 13.2 Å². The predicted octanol–water partition coefficient (Wildman–Crippen LogP) is 1.43. The molecule has 0 heterocycles. The van der Waals surface area contributed by atoms with Gasteiger partial charge in [0.2, 0.25) is 15.9 Å². The largest absolute Gasteiger partial charge is 0.330 e. The van der Waals surface area contributed by atoms with E-state index in [4.69, 9.17) is 10.9 Å². The van der Waals surface area contributed by atoms with Gasteiger partial charge in [-0.2, -0.15) is 0 Å². The maximum atomic E-state index is 11.9. The number of benzene rings is 1. The Morgan fingerprint density at radius 1 is 1.33 bits per heavy atom. The molecule has 1 unspecified atom stereocenters. The first kappa shape index (κ1) is 17.6. The first-order valence-electron chi connectivity index (χ1n) is 6.99. The van der Waals surface area contributed by atoms with E-state index in [2.05, 4.69) is 12.2 Å². The Morgan fingerprint density at radius 3 is 2.62 bits per heavy atom. The fourth-order valence-corrected chi connectivity index (χ4v) is 2.66. The number of rotatable bonds is 8. The standard InChI is InChI=1S/C14H23N3O3S/c1-2-11(8-9-15)6-7-14(18)17-12-4-3-5-13(10-12)21(16,19)20/h3-5,10-11H,2,6-9,15H2,1H3,(H,17,18)(H2,16,19,20). The van der Waals surface area contributed by atoms with E-state index in [1.165, 1.54) is 12.1 Å². The third kappa shape index (κ3) is 6.24. The van der Waals surface area contributed by atoms with Crippen molar-refractivity contribution in [2.75, 3.05) is 11.9 Å². The molecule has 0 aliphatic heterocycles. The van der Waals surface area contributed by atoms with Gasteiger partial charge in [0.25, 0.3) is 0 Å². The second-order valence-corrected chi connectivity index (χ2v) is 6.57. The molecule has 0 fully saturated rings. The van der Waals surface area contributed by atoms with Crippen molar-refractivity contribution in [2.24, 2.45) is 16.8 Å². The highest BCUT2D eigenvalue weighted by Gasteiger charge is 2.11. The van der Waals surface area contributed by atoms with Crippen LogP contribution in [0.2, 0.25) is 0 Å². The van der Waals surface area contributed by atoms with Gasteiger partial charge in [0.05, 0.1) is 4.90 Å². The molecule has 21 heavy (non-hydrogen) atoms. The van der Waals surface area contributed by atoms with Crippen LogP contribution in [0.5, 0.6) is 0 Å². The average molecular weight is 313 g/mol. The molecule has 1 aromatic carbocycles. The molecule has 118 valence electrons. The van der Waals surface area contributed by atoms with Crippen LogP contribution < -0.4 is 16.2 Å². The molecule has 1 atom stereocenters. The van der Waals surface area contributed by atoms with Crippen molar-refractivity contribution in [1.29, 1.82) is 0 Å². The number of carbonyl (C=O) groups is 1. The molecular weight excluding hydrogens is 290 g/mol. The van der Waals surface area contributed by atoms with Crippen molar-refractivity contribution in [1.82, 2.24) is 0 Å². The zero-order valence-corrected chi connectivity index (χ0v) is 13.0. The second-order valence-electron chi connectivity index (χ2n) is 5.01. The number of sulfonamides is 1. The van der Waals surface area contributed by atoms with Gasteiger partial charge in [-0.25, -0.2) is 13.6 Å². The van der Waals surface area contributed by atoms with Crippen LogP contribution >= 0.6 is 0 Å². The van der Waals surface area contributed by atoms with Gasteiger partial charge in [0.15, 0.2) is 0 Å². The summed E-state index contributed by atoms with van der Waals surface area (Å²) in [5, 5.41) is 7.74. The molecular formula is C14H23N3O3S. The van der Waals surface area contributed by atoms with Crippen molar-refractivity contribution in [3.63, 3.8) is 0 Å². The van der Waals surface area contributed by atoms with Crippen LogP contribution in [0.25, 0.3) is 0 Å². The van der Waals surface area contributed by atoms with Crippen LogP contribution in [0.3, 0.4) is 0 Å². The molecule has 1 amide bonds. The number of hydrogen-bond acceptors (Lipinski definition) is 4. The van der Waals surface area contributed by atoms with E-state index in [-0.39, 0.29) is 10.8 Å². The van der Waals surface area contributed by atoms with Gasteiger partial charge in [-0.15, -0.1) is 0 Å². The fraction of sp³-hybridized carbons (Fsp3) is 0.500. The third-order valence-electron chi connectivity index (χ3n) is 3.38. The molecule has 0 aliphatic rings. The van der Waals surface area contributed by atoms with E-state index in [9.17, 15) is 13.2 Å². The first-order valence-corrected chi connectivity index (χ1v) is 8.54. The van der Waals surface area contributed by atoms with E-state index < -0.39 is 10.0 Å². The van der Waals surface area contributed by atoms with E-state index in [1.807, 2.05) is 0 Å². The molecule has 1 rings (SSSR count). The lowest BCUT2D eigenvalue weighted by Crippen LogP contribution is -2.16. The number of primary sulfonamides is 1. The molecule has 0 saturated heterocycles. The summed E-state index contributed by atoms with van der Waals surface area (Å²) in [7, 11) is -3.76.